The molecule has 30 heavy (non-hydrogen) atoms. The van der Waals surface area contributed by atoms with Gasteiger partial charge in [0.2, 0.25) is 0 Å². The Morgan fingerprint density at radius 3 is 2.40 bits per heavy atom. The topological polar surface area (TPSA) is 71.3 Å². The predicted molar refractivity (Wildman–Crippen MR) is 118 cm³/mol. The summed E-state index contributed by atoms with van der Waals surface area (Å²) in [5.74, 6) is -0.633. The molecule has 0 unspecified atom stereocenters. The van der Waals surface area contributed by atoms with Crippen molar-refractivity contribution in [3.63, 3.8) is 0 Å². The van der Waals surface area contributed by atoms with Crippen molar-refractivity contribution in [2.45, 2.75) is 57.9 Å². The van der Waals surface area contributed by atoms with Crippen LogP contribution >= 0.6 is 0 Å². The van der Waals surface area contributed by atoms with Gasteiger partial charge in [-0.25, -0.2) is 5.48 Å². The number of hydrogen-bond donors (Lipinski definition) is 2. The van der Waals surface area contributed by atoms with Crippen LogP contribution in [-0.4, -0.2) is 15.7 Å². The molecule has 3 aromatic rings. The van der Waals surface area contributed by atoms with Gasteiger partial charge in [0, 0.05) is 17.1 Å². The lowest BCUT2D eigenvalue weighted by atomic mass is 9.63. The molecule has 0 aliphatic heterocycles. The fraction of sp³-hybridized carbons (Fsp3) is 0.360. The molecule has 1 amide bonds. The summed E-state index contributed by atoms with van der Waals surface area (Å²) in [4.78, 5) is 24.8. The van der Waals surface area contributed by atoms with E-state index in [1.807, 2.05) is 6.07 Å². The van der Waals surface area contributed by atoms with Gasteiger partial charge in [-0.05, 0) is 63.9 Å². The minimum Gasteiger partial charge on any atom is -0.311 e. The fourth-order valence-electron chi connectivity index (χ4n) is 4.54. The van der Waals surface area contributed by atoms with Gasteiger partial charge >= 0.3 is 0 Å². The summed E-state index contributed by atoms with van der Waals surface area (Å²) >= 11 is 0. The Kier molecular flexibility index (Phi) is 4.82. The Hall–Kier alpha value is -2.92. The van der Waals surface area contributed by atoms with E-state index in [-0.39, 0.29) is 22.0 Å². The maximum Gasteiger partial charge on any atom is 0.274 e. The first-order valence-electron chi connectivity index (χ1n) is 10.3. The normalized spacial score (nSPS) is 16.8. The molecule has 0 bridgehead atoms. The van der Waals surface area contributed by atoms with Crippen molar-refractivity contribution in [2.75, 3.05) is 0 Å². The zero-order valence-corrected chi connectivity index (χ0v) is 18.0. The number of benzene rings is 2. The Balaban J connectivity index is 1.75. The van der Waals surface area contributed by atoms with Crippen molar-refractivity contribution < 1.29 is 10.0 Å². The molecule has 0 saturated heterocycles. The molecule has 5 nitrogen and oxygen atoms in total. The van der Waals surface area contributed by atoms with Gasteiger partial charge in [0.1, 0.15) is 0 Å². The molecule has 4 rings (SSSR count). The highest BCUT2D eigenvalue weighted by molar-refractivity contribution is 5.97. The lowest BCUT2D eigenvalue weighted by Gasteiger charge is -2.42. The number of aromatic nitrogens is 1. The molecule has 0 atom stereocenters. The molecule has 0 saturated carbocycles. The molecule has 1 heterocycles. The van der Waals surface area contributed by atoms with Gasteiger partial charge in [-0.1, -0.05) is 52.0 Å². The second-order valence-electron chi connectivity index (χ2n) is 9.64. The number of hydroxylamine groups is 1. The van der Waals surface area contributed by atoms with Crippen LogP contribution in [0, 0.1) is 0 Å². The van der Waals surface area contributed by atoms with Crippen LogP contribution in [0.4, 0.5) is 0 Å². The van der Waals surface area contributed by atoms with E-state index >= 15 is 0 Å². The number of carbonyl (C=O) groups is 1. The number of pyridine rings is 1. The maximum atomic E-state index is 13.1. The number of amides is 1. The van der Waals surface area contributed by atoms with Gasteiger partial charge in [0.25, 0.3) is 11.5 Å². The monoisotopic (exact) mass is 404 g/mol. The van der Waals surface area contributed by atoms with Crippen molar-refractivity contribution in [3.8, 4) is 0 Å². The molecule has 5 heteroatoms. The molecule has 2 N–H and O–H groups in total. The van der Waals surface area contributed by atoms with Crippen LogP contribution in [0.3, 0.4) is 0 Å². The van der Waals surface area contributed by atoms with E-state index in [9.17, 15) is 9.59 Å². The second kappa shape index (κ2) is 7.10. The summed E-state index contributed by atoms with van der Waals surface area (Å²) < 4.78 is 1.67. The molecule has 156 valence electrons. The third-order valence-electron chi connectivity index (χ3n) is 6.61. The highest BCUT2D eigenvalue weighted by Gasteiger charge is 2.36. The fourth-order valence-corrected chi connectivity index (χ4v) is 4.54. The SMILES string of the molecule is CC1(C)CCC(C)(C)c2cc(Cn3ccc4ccc(C(=O)NO)cc4c3=O)ccc21. The molecule has 0 spiro atoms. The van der Waals surface area contributed by atoms with Crippen molar-refractivity contribution in [2.24, 2.45) is 0 Å². The Morgan fingerprint density at radius 1 is 1.00 bits per heavy atom. The summed E-state index contributed by atoms with van der Waals surface area (Å²) in [5, 5.41) is 10.1. The van der Waals surface area contributed by atoms with Crippen LogP contribution in [0.15, 0.2) is 53.5 Å². The van der Waals surface area contributed by atoms with Gasteiger partial charge in [-0.3, -0.25) is 14.8 Å². The second-order valence-corrected chi connectivity index (χ2v) is 9.64. The zero-order chi connectivity index (χ0) is 21.7. The number of fused-ring (bicyclic) bond motifs is 2. The number of rotatable bonds is 3. The van der Waals surface area contributed by atoms with Crippen molar-refractivity contribution in [1.82, 2.24) is 10.0 Å². The van der Waals surface area contributed by atoms with E-state index in [1.165, 1.54) is 23.6 Å². The smallest absolute Gasteiger partial charge is 0.274 e. The van der Waals surface area contributed by atoms with Crippen LogP contribution in [0.25, 0.3) is 10.8 Å². The minimum atomic E-state index is -0.633. The van der Waals surface area contributed by atoms with Crippen LogP contribution in [0.5, 0.6) is 0 Å². The molecular formula is C25H28N2O3. The average Bonchev–Trinajstić information content (AvgIpc) is 2.73. The van der Waals surface area contributed by atoms with E-state index in [4.69, 9.17) is 5.21 Å². The lowest BCUT2D eigenvalue weighted by molar-refractivity contribution is 0.0706. The lowest BCUT2D eigenvalue weighted by Crippen LogP contribution is -2.34. The first kappa shape index (κ1) is 20.4. The van der Waals surface area contributed by atoms with Crippen LogP contribution < -0.4 is 11.0 Å². The summed E-state index contributed by atoms with van der Waals surface area (Å²) in [7, 11) is 0. The summed E-state index contributed by atoms with van der Waals surface area (Å²) in [6.07, 6.45) is 4.10. The van der Waals surface area contributed by atoms with Crippen LogP contribution in [0.1, 0.15) is 67.6 Å². The Bertz CT molecular complexity index is 1200. The van der Waals surface area contributed by atoms with Gasteiger partial charge in [-0.15, -0.1) is 0 Å². The van der Waals surface area contributed by atoms with Crippen molar-refractivity contribution >= 4 is 16.7 Å². The first-order chi connectivity index (χ1) is 14.1. The van der Waals surface area contributed by atoms with Crippen LogP contribution in [0.2, 0.25) is 0 Å². The summed E-state index contributed by atoms with van der Waals surface area (Å²) in [6, 6.07) is 13.3. The molecule has 1 aliphatic rings. The molecule has 0 radical (unpaired) electrons. The summed E-state index contributed by atoms with van der Waals surface area (Å²) in [6.45, 7) is 9.65. The van der Waals surface area contributed by atoms with Crippen molar-refractivity contribution in [3.05, 3.63) is 81.3 Å². The van der Waals surface area contributed by atoms with Gasteiger partial charge in [-0.2, -0.15) is 0 Å². The predicted octanol–water partition coefficient (Wildman–Crippen LogP) is 4.52. The van der Waals surface area contributed by atoms with Gasteiger partial charge in [0.05, 0.1) is 6.54 Å². The van der Waals surface area contributed by atoms with Gasteiger partial charge < -0.3 is 4.57 Å². The Labute approximate surface area is 176 Å². The van der Waals surface area contributed by atoms with E-state index in [1.54, 1.807) is 28.4 Å². The Morgan fingerprint density at radius 2 is 1.70 bits per heavy atom. The molecule has 1 aliphatic carbocycles. The van der Waals surface area contributed by atoms with E-state index in [0.29, 0.717) is 11.9 Å². The third-order valence-corrected chi connectivity index (χ3v) is 6.61. The number of nitrogens with one attached hydrogen (secondary N) is 1. The standard InChI is InChI=1S/C25H28N2O3/c1-24(2)10-11-25(3,4)21-13-16(5-8-20(21)24)15-27-12-9-17-6-7-18(22(28)26-30)14-19(17)23(27)29/h5-9,12-14,30H,10-11,15H2,1-4H3,(H,26,28). The molecular weight excluding hydrogens is 376 g/mol. The van der Waals surface area contributed by atoms with E-state index in [0.717, 1.165) is 17.4 Å². The van der Waals surface area contributed by atoms with Gasteiger partial charge in [0.15, 0.2) is 0 Å². The van der Waals surface area contributed by atoms with E-state index in [2.05, 4.69) is 45.9 Å². The third kappa shape index (κ3) is 3.43. The quantitative estimate of drug-likeness (QED) is 0.498. The number of nitrogens with zero attached hydrogens (tertiary/aromatic N) is 1. The molecule has 2 aromatic carbocycles. The average molecular weight is 405 g/mol. The maximum absolute atomic E-state index is 13.1. The molecule has 1 aromatic heterocycles. The van der Waals surface area contributed by atoms with Crippen molar-refractivity contribution in [1.29, 1.82) is 0 Å². The largest absolute Gasteiger partial charge is 0.311 e. The van der Waals surface area contributed by atoms with E-state index < -0.39 is 5.91 Å². The highest BCUT2D eigenvalue weighted by atomic mass is 16.5. The number of hydrogen-bond acceptors (Lipinski definition) is 3. The molecule has 0 fully saturated rings. The number of carbonyl (C=O) groups excluding carboxylic acids is 1. The summed E-state index contributed by atoms with van der Waals surface area (Å²) in [5.41, 5.74) is 5.83. The zero-order valence-electron chi connectivity index (χ0n) is 18.0. The van der Waals surface area contributed by atoms with Crippen LogP contribution in [-0.2, 0) is 17.4 Å². The minimum absolute atomic E-state index is 0.113. The first-order valence-corrected chi connectivity index (χ1v) is 10.3. The highest BCUT2D eigenvalue weighted by Crippen LogP contribution is 2.45.